The first-order valence-corrected chi connectivity index (χ1v) is 9.01. The summed E-state index contributed by atoms with van der Waals surface area (Å²) in [5, 5.41) is 59.3. The number of aliphatic hydroxyl groups is 6. The zero-order valence-corrected chi connectivity index (χ0v) is 15.0. The van der Waals surface area contributed by atoms with Crippen LogP contribution in [0, 0.1) is 0 Å². The fourth-order valence-corrected chi connectivity index (χ4v) is 3.06. The van der Waals surface area contributed by atoms with E-state index in [9.17, 15) is 30.6 Å². The Bertz CT molecular complexity index is 601. The van der Waals surface area contributed by atoms with Crippen molar-refractivity contribution in [2.24, 2.45) is 0 Å². The Hall–Kier alpha value is -1.18. The Morgan fingerprint density at radius 1 is 0.786 bits per heavy atom. The summed E-state index contributed by atoms with van der Waals surface area (Å²) in [5.41, 5.74) is 0.831. The maximum Gasteiger partial charge on any atom is 0.187 e. The zero-order chi connectivity index (χ0) is 20.3. The van der Waals surface area contributed by atoms with Gasteiger partial charge in [0.2, 0.25) is 0 Å². The number of ether oxygens (including phenoxy) is 4. The van der Waals surface area contributed by atoms with E-state index in [4.69, 9.17) is 18.9 Å². The molecule has 2 aliphatic heterocycles. The first-order valence-electron chi connectivity index (χ1n) is 9.01. The predicted molar refractivity (Wildman–Crippen MR) is 91.6 cm³/mol. The monoisotopic (exact) mass is 402 g/mol. The Balaban J connectivity index is 1.56. The lowest BCUT2D eigenvalue weighted by Crippen LogP contribution is -2.60. The van der Waals surface area contributed by atoms with E-state index in [1.165, 1.54) is 0 Å². The van der Waals surface area contributed by atoms with E-state index in [0.29, 0.717) is 0 Å². The molecule has 2 aliphatic rings. The quantitative estimate of drug-likeness (QED) is 0.300. The van der Waals surface area contributed by atoms with Gasteiger partial charge in [-0.3, -0.25) is 0 Å². The van der Waals surface area contributed by atoms with Crippen LogP contribution in [0.2, 0.25) is 0 Å². The third-order valence-corrected chi connectivity index (χ3v) is 4.80. The van der Waals surface area contributed by atoms with Crippen molar-refractivity contribution in [1.29, 1.82) is 0 Å². The van der Waals surface area contributed by atoms with E-state index in [1.54, 1.807) is 0 Å². The van der Waals surface area contributed by atoms with Crippen LogP contribution in [-0.2, 0) is 25.6 Å². The summed E-state index contributed by atoms with van der Waals surface area (Å²) in [6.07, 6.45) is -12.2. The first-order chi connectivity index (χ1) is 13.4. The fraction of sp³-hybridized carbons (Fsp3) is 0.667. The van der Waals surface area contributed by atoms with Gasteiger partial charge in [-0.25, -0.2) is 0 Å². The molecule has 2 saturated heterocycles. The smallest absolute Gasteiger partial charge is 0.187 e. The molecule has 28 heavy (non-hydrogen) atoms. The van der Waals surface area contributed by atoms with Gasteiger partial charge in [0.25, 0.3) is 0 Å². The molecule has 9 atom stereocenters. The molecular formula is C18H26O10. The minimum atomic E-state index is -1.53. The molecule has 10 heteroatoms. The van der Waals surface area contributed by atoms with Gasteiger partial charge in [0.1, 0.15) is 42.7 Å². The molecule has 1 aromatic carbocycles. The molecule has 0 aromatic heterocycles. The summed E-state index contributed by atoms with van der Waals surface area (Å²) in [5.74, 6) is 0. The van der Waals surface area contributed by atoms with Gasteiger partial charge in [-0.1, -0.05) is 30.3 Å². The number of benzene rings is 1. The van der Waals surface area contributed by atoms with Crippen molar-refractivity contribution in [3.63, 3.8) is 0 Å². The molecule has 0 saturated carbocycles. The molecule has 2 heterocycles. The average Bonchev–Trinajstić information content (AvgIpc) is 2.71. The molecule has 0 radical (unpaired) electrons. The molecular weight excluding hydrogens is 376 g/mol. The second kappa shape index (κ2) is 9.55. The highest BCUT2D eigenvalue weighted by molar-refractivity contribution is 5.13. The molecule has 3 rings (SSSR count). The number of aliphatic hydroxyl groups excluding tert-OH is 6. The lowest BCUT2D eigenvalue weighted by atomic mass is 9.99. The van der Waals surface area contributed by atoms with Crippen molar-refractivity contribution < 1.29 is 49.6 Å². The molecule has 0 aliphatic carbocycles. The van der Waals surface area contributed by atoms with E-state index < -0.39 is 55.3 Å². The molecule has 10 nitrogen and oxygen atoms in total. The first kappa shape index (κ1) is 21.5. The van der Waals surface area contributed by atoms with E-state index in [2.05, 4.69) is 0 Å². The maximum absolute atomic E-state index is 10.1. The molecule has 158 valence electrons. The van der Waals surface area contributed by atoms with Crippen LogP contribution in [0.25, 0.3) is 0 Å². The van der Waals surface area contributed by atoms with Crippen molar-refractivity contribution in [2.45, 2.75) is 61.9 Å². The van der Waals surface area contributed by atoms with Gasteiger partial charge in [0.05, 0.1) is 19.8 Å². The Morgan fingerprint density at radius 2 is 1.46 bits per heavy atom. The highest BCUT2D eigenvalue weighted by atomic mass is 16.7. The van der Waals surface area contributed by atoms with Crippen molar-refractivity contribution in [2.75, 3.05) is 13.2 Å². The Morgan fingerprint density at radius 3 is 2.18 bits per heavy atom. The summed E-state index contributed by atoms with van der Waals surface area (Å²) in [4.78, 5) is 0. The number of rotatable bonds is 6. The number of hydrogen-bond donors (Lipinski definition) is 6. The lowest BCUT2D eigenvalue weighted by Gasteiger charge is -2.41. The van der Waals surface area contributed by atoms with Crippen LogP contribution in [-0.4, -0.2) is 99.2 Å². The third kappa shape index (κ3) is 4.86. The van der Waals surface area contributed by atoms with Gasteiger partial charge < -0.3 is 49.6 Å². The van der Waals surface area contributed by atoms with Crippen LogP contribution < -0.4 is 0 Å². The SMILES string of the molecule is O[C@@H]1[C@@H](O)[C@H](OCc2ccccc2)O[C@H](CO[C@H]2OC[C@H](O)[C@@H](O)[C@@H]2O)[C@H]1O. The molecule has 0 bridgehead atoms. The average molecular weight is 402 g/mol. The minimum absolute atomic E-state index is 0.119. The van der Waals surface area contributed by atoms with Gasteiger partial charge >= 0.3 is 0 Å². The molecule has 1 aromatic rings. The Kier molecular flexibility index (Phi) is 7.34. The molecule has 0 unspecified atom stereocenters. The normalized spacial score (nSPS) is 41.7. The molecule has 0 amide bonds. The van der Waals surface area contributed by atoms with Gasteiger partial charge in [0.15, 0.2) is 12.6 Å². The van der Waals surface area contributed by atoms with Crippen molar-refractivity contribution >= 4 is 0 Å². The minimum Gasteiger partial charge on any atom is -0.388 e. The molecule has 0 spiro atoms. The van der Waals surface area contributed by atoms with Gasteiger partial charge in [-0.2, -0.15) is 0 Å². The largest absolute Gasteiger partial charge is 0.388 e. The predicted octanol–water partition coefficient (Wildman–Crippen LogP) is -2.53. The molecule has 2 fully saturated rings. The van der Waals surface area contributed by atoms with Gasteiger partial charge in [-0.15, -0.1) is 0 Å². The third-order valence-electron chi connectivity index (χ3n) is 4.80. The van der Waals surface area contributed by atoms with Crippen LogP contribution in [0.4, 0.5) is 0 Å². The van der Waals surface area contributed by atoms with E-state index in [1.807, 2.05) is 30.3 Å². The second-order valence-electron chi connectivity index (χ2n) is 6.89. The van der Waals surface area contributed by atoms with Crippen molar-refractivity contribution in [3.8, 4) is 0 Å². The standard InChI is InChI=1S/C18H26O10/c19-10-7-26-17(15(23)12(10)20)27-8-11-13(21)14(22)16(24)18(28-11)25-6-9-4-2-1-3-5-9/h1-5,10-24H,6-8H2/t10-,11+,12+,13+,14-,15-,16+,17+,18+/m0/s1. The highest BCUT2D eigenvalue weighted by Crippen LogP contribution is 2.25. The van der Waals surface area contributed by atoms with E-state index in [0.717, 1.165) is 5.56 Å². The van der Waals surface area contributed by atoms with Crippen molar-refractivity contribution in [3.05, 3.63) is 35.9 Å². The van der Waals surface area contributed by atoms with Crippen LogP contribution >= 0.6 is 0 Å². The maximum atomic E-state index is 10.1. The van der Waals surface area contributed by atoms with Crippen LogP contribution in [0.15, 0.2) is 30.3 Å². The lowest BCUT2D eigenvalue weighted by molar-refractivity contribution is -0.322. The zero-order valence-electron chi connectivity index (χ0n) is 15.0. The summed E-state index contributed by atoms with van der Waals surface area (Å²) in [6, 6.07) is 9.14. The van der Waals surface area contributed by atoms with Crippen molar-refractivity contribution in [1.82, 2.24) is 0 Å². The summed E-state index contributed by atoms with van der Waals surface area (Å²) in [7, 11) is 0. The highest BCUT2D eigenvalue weighted by Gasteiger charge is 2.45. The van der Waals surface area contributed by atoms with E-state index >= 15 is 0 Å². The number of hydrogen-bond acceptors (Lipinski definition) is 10. The fourth-order valence-electron chi connectivity index (χ4n) is 3.06. The summed E-state index contributed by atoms with van der Waals surface area (Å²) in [6.45, 7) is -0.435. The Labute approximate surface area is 161 Å². The van der Waals surface area contributed by atoms with E-state index in [-0.39, 0.29) is 19.8 Å². The van der Waals surface area contributed by atoms with Crippen LogP contribution in [0.5, 0.6) is 0 Å². The molecule has 6 N–H and O–H groups in total. The second-order valence-corrected chi connectivity index (χ2v) is 6.89. The van der Waals surface area contributed by atoms with Crippen LogP contribution in [0.1, 0.15) is 5.56 Å². The van der Waals surface area contributed by atoms with Gasteiger partial charge in [0, 0.05) is 0 Å². The summed E-state index contributed by atoms with van der Waals surface area (Å²) >= 11 is 0. The summed E-state index contributed by atoms with van der Waals surface area (Å²) < 4.78 is 21.5. The van der Waals surface area contributed by atoms with Crippen LogP contribution in [0.3, 0.4) is 0 Å². The van der Waals surface area contributed by atoms with Gasteiger partial charge in [-0.05, 0) is 5.56 Å². The topological polar surface area (TPSA) is 158 Å².